The lowest BCUT2D eigenvalue weighted by atomic mass is 10.2. The number of hydrogen-bond donors (Lipinski definition) is 2. The van der Waals surface area contributed by atoms with Crippen LogP contribution >= 0.6 is 34.2 Å². The summed E-state index contributed by atoms with van der Waals surface area (Å²) in [5, 5.41) is 18.2. The zero-order valence-electron chi connectivity index (χ0n) is 9.07. The van der Waals surface area contributed by atoms with E-state index in [0.29, 0.717) is 10.6 Å². The third-order valence-electron chi connectivity index (χ3n) is 2.19. The zero-order chi connectivity index (χ0) is 12.8. The van der Waals surface area contributed by atoms with E-state index in [1.54, 1.807) is 18.2 Å². The minimum atomic E-state index is -0.236. The van der Waals surface area contributed by atoms with Crippen molar-refractivity contribution >= 4 is 40.1 Å². The second kappa shape index (κ2) is 7.15. The van der Waals surface area contributed by atoms with Gasteiger partial charge in [-0.15, -0.1) is 0 Å². The van der Waals surface area contributed by atoms with Crippen LogP contribution in [-0.4, -0.2) is 47.3 Å². The third-order valence-corrected chi connectivity index (χ3v) is 3.36. The number of halogens is 2. The van der Waals surface area contributed by atoms with E-state index < -0.39 is 0 Å². The molecule has 0 aliphatic carbocycles. The highest BCUT2D eigenvalue weighted by Gasteiger charge is 2.17. The first-order valence-electron chi connectivity index (χ1n) is 5.06. The Balaban J connectivity index is 2.95. The average Bonchev–Trinajstić information content (AvgIpc) is 2.31. The van der Waals surface area contributed by atoms with Gasteiger partial charge in [-0.3, -0.25) is 4.79 Å². The van der Waals surface area contributed by atoms with Gasteiger partial charge in [0.15, 0.2) is 0 Å². The van der Waals surface area contributed by atoms with Crippen LogP contribution < -0.4 is 0 Å². The molecular formula is C11H13ClINO3. The summed E-state index contributed by atoms with van der Waals surface area (Å²) >= 11 is 7.90. The van der Waals surface area contributed by atoms with Crippen LogP contribution in [-0.2, 0) is 0 Å². The van der Waals surface area contributed by atoms with Crippen LogP contribution in [0.3, 0.4) is 0 Å². The lowest BCUT2D eigenvalue weighted by molar-refractivity contribution is 0.0684. The second-order valence-corrected chi connectivity index (χ2v) is 4.96. The number of carbonyl (C=O) groups is 1. The number of nitrogens with zero attached hydrogens (tertiary/aromatic N) is 1. The van der Waals surface area contributed by atoms with Gasteiger partial charge in [0.05, 0.1) is 18.8 Å². The van der Waals surface area contributed by atoms with Gasteiger partial charge in [0, 0.05) is 21.7 Å². The highest BCUT2D eigenvalue weighted by atomic mass is 127. The van der Waals surface area contributed by atoms with Crippen molar-refractivity contribution in [1.82, 2.24) is 4.90 Å². The SMILES string of the molecule is O=C(c1cc(Cl)ccc1I)N(CCO)CCO. The van der Waals surface area contributed by atoms with E-state index in [1.807, 2.05) is 0 Å². The Hall–Kier alpha value is -0.370. The number of amides is 1. The van der Waals surface area contributed by atoms with Gasteiger partial charge in [-0.1, -0.05) is 11.6 Å². The Labute approximate surface area is 118 Å². The molecule has 0 aliphatic rings. The molecule has 1 amide bonds. The fraction of sp³-hybridized carbons (Fsp3) is 0.364. The van der Waals surface area contributed by atoms with E-state index >= 15 is 0 Å². The highest BCUT2D eigenvalue weighted by molar-refractivity contribution is 14.1. The zero-order valence-corrected chi connectivity index (χ0v) is 12.0. The summed E-state index contributed by atoms with van der Waals surface area (Å²) in [6.45, 7) is 0.121. The van der Waals surface area contributed by atoms with Crippen LogP contribution in [0.4, 0.5) is 0 Å². The number of aliphatic hydroxyl groups is 2. The fourth-order valence-corrected chi connectivity index (χ4v) is 2.13. The maximum Gasteiger partial charge on any atom is 0.255 e. The van der Waals surface area contributed by atoms with Crippen molar-refractivity contribution in [3.63, 3.8) is 0 Å². The molecule has 0 unspecified atom stereocenters. The Morgan fingerprint density at radius 1 is 1.29 bits per heavy atom. The summed E-state index contributed by atoms with van der Waals surface area (Å²) in [5.74, 6) is -0.236. The molecule has 1 rings (SSSR count). The number of hydrogen-bond acceptors (Lipinski definition) is 3. The van der Waals surface area contributed by atoms with E-state index in [9.17, 15) is 4.79 Å². The topological polar surface area (TPSA) is 60.8 Å². The van der Waals surface area contributed by atoms with Gasteiger partial charge >= 0.3 is 0 Å². The molecule has 1 aromatic carbocycles. The van der Waals surface area contributed by atoms with E-state index in [4.69, 9.17) is 21.8 Å². The molecule has 0 aromatic heterocycles. The molecule has 1 aromatic rings. The normalized spacial score (nSPS) is 10.4. The quantitative estimate of drug-likeness (QED) is 0.771. The minimum Gasteiger partial charge on any atom is -0.395 e. The largest absolute Gasteiger partial charge is 0.395 e. The lowest BCUT2D eigenvalue weighted by Gasteiger charge is -2.21. The Morgan fingerprint density at radius 3 is 2.41 bits per heavy atom. The predicted octanol–water partition coefficient (Wildman–Crippen LogP) is 1.37. The van der Waals surface area contributed by atoms with E-state index in [-0.39, 0.29) is 32.2 Å². The Bertz CT molecular complexity index is 394. The number of aliphatic hydroxyl groups excluding tert-OH is 2. The molecule has 4 nitrogen and oxygen atoms in total. The standard InChI is InChI=1S/C11H13ClINO3/c12-8-1-2-10(13)9(7-8)11(17)14(3-5-15)4-6-16/h1-2,7,15-16H,3-6H2. The van der Waals surface area contributed by atoms with E-state index in [2.05, 4.69) is 22.6 Å². The van der Waals surface area contributed by atoms with Crippen molar-refractivity contribution in [3.05, 3.63) is 32.4 Å². The van der Waals surface area contributed by atoms with Gasteiger partial charge in [0.2, 0.25) is 0 Å². The summed E-state index contributed by atoms with van der Waals surface area (Å²) in [4.78, 5) is 13.5. The van der Waals surface area contributed by atoms with Crippen molar-refractivity contribution in [2.75, 3.05) is 26.3 Å². The third kappa shape index (κ3) is 4.09. The molecule has 0 saturated heterocycles. The molecular weight excluding hydrogens is 356 g/mol. The van der Waals surface area contributed by atoms with Crippen LogP contribution in [0.2, 0.25) is 5.02 Å². The van der Waals surface area contributed by atoms with Crippen LogP contribution in [0.25, 0.3) is 0 Å². The maximum atomic E-state index is 12.1. The van der Waals surface area contributed by atoms with Crippen molar-refractivity contribution in [1.29, 1.82) is 0 Å². The van der Waals surface area contributed by atoms with Gasteiger partial charge in [0.25, 0.3) is 5.91 Å². The molecule has 0 heterocycles. The predicted molar refractivity (Wildman–Crippen MR) is 74.2 cm³/mol. The van der Waals surface area contributed by atoms with Crippen molar-refractivity contribution < 1.29 is 15.0 Å². The van der Waals surface area contributed by atoms with Gasteiger partial charge < -0.3 is 15.1 Å². The molecule has 0 saturated carbocycles. The first-order chi connectivity index (χ1) is 8.10. The highest BCUT2D eigenvalue weighted by Crippen LogP contribution is 2.19. The maximum absolute atomic E-state index is 12.1. The van der Waals surface area contributed by atoms with Crippen LogP contribution in [0, 0.1) is 3.57 Å². The van der Waals surface area contributed by atoms with Crippen molar-refractivity contribution in [2.45, 2.75) is 0 Å². The lowest BCUT2D eigenvalue weighted by Crippen LogP contribution is -2.36. The molecule has 0 fully saturated rings. The minimum absolute atomic E-state index is 0.136. The summed E-state index contributed by atoms with van der Waals surface area (Å²) in [6.07, 6.45) is 0. The van der Waals surface area contributed by atoms with Crippen LogP contribution in [0.15, 0.2) is 18.2 Å². The van der Waals surface area contributed by atoms with Crippen molar-refractivity contribution in [2.24, 2.45) is 0 Å². The Kier molecular flexibility index (Phi) is 6.18. The van der Waals surface area contributed by atoms with E-state index in [1.165, 1.54) is 4.90 Å². The first-order valence-corrected chi connectivity index (χ1v) is 6.52. The van der Waals surface area contributed by atoms with Gasteiger partial charge in [-0.2, -0.15) is 0 Å². The van der Waals surface area contributed by atoms with Gasteiger partial charge in [-0.05, 0) is 40.8 Å². The molecule has 94 valence electrons. The van der Waals surface area contributed by atoms with Gasteiger partial charge in [0.1, 0.15) is 0 Å². The average molecular weight is 370 g/mol. The smallest absolute Gasteiger partial charge is 0.255 e. The molecule has 17 heavy (non-hydrogen) atoms. The number of rotatable bonds is 5. The van der Waals surface area contributed by atoms with Gasteiger partial charge in [-0.25, -0.2) is 0 Å². The summed E-state index contributed by atoms with van der Waals surface area (Å²) in [7, 11) is 0. The number of benzene rings is 1. The summed E-state index contributed by atoms with van der Waals surface area (Å²) < 4.78 is 0.790. The Morgan fingerprint density at radius 2 is 1.88 bits per heavy atom. The monoisotopic (exact) mass is 369 g/mol. The number of carbonyl (C=O) groups excluding carboxylic acids is 1. The molecule has 6 heteroatoms. The first kappa shape index (κ1) is 14.7. The molecule has 2 N–H and O–H groups in total. The van der Waals surface area contributed by atoms with Crippen LogP contribution in [0.1, 0.15) is 10.4 Å². The molecule has 0 bridgehead atoms. The fourth-order valence-electron chi connectivity index (χ4n) is 1.39. The molecule has 0 spiro atoms. The van der Waals surface area contributed by atoms with E-state index in [0.717, 1.165) is 3.57 Å². The molecule has 0 aliphatic heterocycles. The molecule has 0 radical (unpaired) electrons. The van der Waals surface area contributed by atoms with Crippen molar-refractivity contribution in [3.8, 4) is 0 Å². The second-order valence-electron chi connectivity index (χ2n) is 3.36. The summed E-state index contributed by atoms with van der Waals surface area (Å²) in [6, 6.07) is 5.06. The van der Waals surface area contributed by atoms with Crippen LogP contribution in [0.5, 0.6) is 0 Å². The molecule has 0 atom stereocenters. The summed E-state index contributed by atoms with van der Waals surface area (Å²) in [5.41, 5.74) is 0.486.